The van der Waals surface area contributed by atoms with Crippen molar-refractivity contribution in [3.05, 3.63) is 30.3 Å². The van der Waals surface area contributed by atoms with Crippen LogP contribution < -0.4 is 5.32 Å². The van der Waals surface area contributed by atoms with E-state index >= 15 is 0 Å². The first-order valence-corrected chi connectivity index (χ1v) is 10.0. The lowest BCUT2D eigenvalue weighted by molar-refractivity contribution is 0.524. The summed E-state index contributed by atoms with van der Waals surface area (Å²) in [6.45, 7) is 0. The van der Waals surface area contributed by atoms with Gasteiger partial charge < -0.3 is 5.32 Å². The molecule has 2 atom stereocenters. The van der Waals surface area contributed by atoms with Crippen molar-refractivity contribution < 1.29 is 16.8 Å². The van der Waals surface area contributed by atoms with Gasteiger partial charge in [-0.25, -0.2) is 16.8 Å². The van der Waals surface area contributed by atoms with Crippen LogP contribution in [-0.2, 0) is 19.7 Å². The molecule has 1 saturated carbocycles. The van der Waals surface area contributed by atoms with Crippen LogP contribution in [0.4, 0.5) is 0 Å². The number of hydrogen-bond acceptors (Lipinski definition) is 5. The quantitative estimate of drug-likeness (QED) is 0.869. The van der Waals surface area contributed by atoms with E-state index in [4.69, 9.17) is 0 Å². The van der Waals surface area contributed by atoms with Crippen molar-refractivity contribution in [3.8, 4) is 0 Å². The minimum Gasteiger partial charge on any atom is -0.309 e. The average Bonchev–Trinajstić information content (AvgIpc) is 3.14. The van der Waals surface area contributed by atoms with Gasteiger partial charge in [-0.15, -0.1) is 0 Å². The molecule has 7 heteroatoms. The molecule has 1 aliphatic carbocycles. The molecule has 0 bridgehead atoms. The van der Waals surface area contributed by atoms with Crippen LogP contribution in [0.5, 0.6) is 0 Å². The van der Waals surface area contributed by atoms with Crippen LogP contribution in [0.2, 0.25) is 0 Å². The molecule has 5 nitrogen and oxygen atoms in total. The van der Waals surface area contributed by atoms with Gasteiger partial charge in [0.1, 0.15) is 0 Å². The summed E-state index contributed by atoms with van der Waals surface area (Å²) < 4.78 is 48.9. The third kappa shape index (κ3) is 2.75. The Hall–Kier alpha value is -0.920. The summed E-state index contributed by atoms with van der Waals surface area (Å²) in [6.07, 6.45) is 1.99. The van der Waals surface area contributed by atoms with Gasteiger partial charge in [-0.1, -0.05) is 18.2 Å². The van der Waals surface area contributed by atoms with Gasteiger partial charge in [0.25, 0.3) is 0 Å². The molecule has 1 aromatic carbocycles. The lowest BCUT2D eigenvalue weighted by Crippen LogP contribution is -2.44. The highest BCUT2D eigenvalue weighted by Crippen LogP contribution is 2.29. The summed E-state index contributed by atoms with van der Waals surface area (Å²) in [5, 5.41) is 2.30. The zero-order valence-electron chi connectivity index (χ0n) is 10.9. The predicted molar refractivity (Wildman–Crippen MR) is 76.0 cm³/mol. The van der Waals surface area contributed by atoms with Crippen molar-refractivity contribution >= 4 is 19.7 Å². The van der Waals surface area contributed by atoms with Gasteiger partial charge in [-0.3, -0.25) is 0 Å². The Balaban J connectivity index is 1.93. The van der Waals surface area contributed by atoms with Crippen molar-refractivity contribution in [1.29, 1.82) is 0 Å². The van der Waals surface area contributed by atoms with Crippen molar-refractivity contribution in [3.63, 3.8) is 0 Å². The fourth-order valence-electron chi connectivity index (χ4n) is 2.61. The monoisotopic (exact) mass is 315 g/mol. The molecule has 2 fully saturated rings. The van der Waals surface area contributed by atoms with E-state index in [0.29, 0.717) is 0 Å². The molecule has 110 valence electrons. The minimum atomic E-state index is -3.62. The number of hydrogen-bond donors (Lipinski definition) is 1. The summed E-state index contributed by atoms with van der Waals surface area (Å²) in [6, 6.07) is 7.88. The van der Waals surface area contributed by atoms with Crippen molar-refractivity contribution in [2.75, 3.05) is 11.5 Å². The topological polar surface area (TPSA) is 80.3 Å². The molecule has 20 heavy (non-hydrogen) atoms. The van der Waals surface area contributed by atoms with Crippen LogP contribution in [0.15, 0.2) is 35.2 Å². The Morgan fingerprint density at radius 1 is 1.05 bits per heavy atom. The highest BCUT2D eigenvalue weighted by Gasteiger charge is 2.47. The first kappa shape index (κ1) is 14.0. The third-order valence-electron chi connectivity index (χ3n) is 3.80. The Kier molecular flexibility index (Phi) is 3.38. The van der Waals surface area contributed by atoms with Gasteiger partial charge >= 0.3 is 0 Å². The molecule has 0 spiro atoms. The standard InChI is InChI=1S/C13H17NO4S2/c15-19(16)8-12(14-10-6-7-10)13(9-19)20(17,18)11-4-2-1-3-5-11/h1-5,10,12-14H,6-9H2. The fraction of sp³-hybridized carbons (Fsp3) is 0.538. The molecule has 1 saturated heterocycles. The van der Waals surface area contributed by atoms with E-state index in [9.17, 15) is 16.8 Å². The smallest absolute Gasteiger partial charge is 0.183 e. The van der Waals surface area contributed by atoms with Crippen molar-refractivity contribution in [2.45, 2.75) is 35.1 Å². The third-order valence-corrected chi connectivity index (χ3v) is 7.96. The first-order valence-electron chi connectivity index (χ1n) is 6.64. The second kappa shape index (κ2) is 4.82. The van der Waals surface area contributed by atoms with Gasteiger partial charge in [0.2, 0.25) is 0 Å². The van der Waals surface area contributed by atoms with E-state index in [-0.39, 0.29) is 22.4 Å². The van der Waals surface area contributed by atoms with Gasteiger partial charge in [-0.2, -0.15) is 0 Å². The maximum atomic E-state index is 12.6. The number of nitrogens with one attached hydrogen (secondary N) is 1. The van der Waals surface area contributed by atoms with Gasteiger partial charge in [0.05, 0.1) is 21.7 Å². The molecule has 1 aliphatic heterocycles. The lowest BCUT2D eigenvalue weighted by Gasteiger charge is -2.19. The van der Waals surface area contributed by atoms with Gasteiger partial charge in [-0.05, 0) is 25.0 Å². The molecule has 1 heterocycles. The second-order valence-corrected chi connectivity index (χ2v) is 9.84. The van der Waals surface area contributed by atoms with Crippen LogP contribution in [0.3, 0.4) is 0 Å². The second-order valence-electron chi connectivity index (χ2n) is 5.52. The van der Waals surface area contributed by atoms with E-state index < -0.39 is 31.0 Å². The minimum absolute atomic E-state index is 0.0831. The maximum Gasteiger partial charge on any atom is 0.183 e. The van der Waals surface area contributed by atoms with E-state index in [1.165, 1.54) is 12.1 Å². The molecule has 0 amide bonds. The summed E-state index contributed by atoms with van der Waals surface area (Å²) in [5.41, 5.74) is 0. The van der Waals surface area contributed by atoms with Crippen LogP contribution in [-0.4, -0.2) is 45.7 Å². The largest absolute Gasteiger partial charge is 0.309 e. The highest BCUT2D eigenvalue weighted by molar-refractivity contribution is 7.96. The molecule has 1 aromatic rings. The zero-order valence-corrected chi connectivity index (χ0v) is 12.5. The molecule has 0 aromatic heterocycles. The van der Waals surface area contributed by atoms with Crippen LogP contribution in [0, 0.1) is 0 Å². The Bertz CT molecular complexity index is 693. The number of rotatable bonds is 4. The van der Waals surface area contributed by atoms with Crippen molar-refractivity contribution in [1.82, 2.24) is 5.32 Å². The maximum absolute atomic E-state index is 12.6. The normalized spacial score (nSPS) is 29.4. The average molecular weight is 315 g/mol. The fourth-order valence-corrected chi connectivity index (χ4v) is 7.31. The van der Waals surface area contributed by atoms with Gasteiger partial charge in [0.15, 0.2) is 19.7 Å². The van der Waals surface area contributed by atoms with Crippen LogP contribution in [0.1, 0.15) is 12.8 Å². The molecule has 2 unspecified atom stereocenters. The zero-order chi connectivity index (χ0) is 14.4. The molecular formula is C13H17NO4S2. The Labute approximate surface area is 119 Å². The molecule has 2 aliphatic rings. The van der Waals surface area contributed by atoms with E-state index in [1.54, 1.807) is 18.2 Å². The van der Waals surface area contributed by atoms with Gasteiger partial charge in [0, 0.05) is 12.1 Å². The Morgan fingerprint density at radius 3 is 2.30 bits per heavy atom. The number of sulfone groups is 2. The SMILES string of the molecule is O=S1(=O)CC(NC2CC2)C(S(=O)(=O)c2ccccc2)C1. The number of benzene rings is 1. The Morgan fingerprint density at radius 2 is 1.70 bits per heavy atom. The van der Waals surface area contributed by atoms with Crippen molar-refractivity contribution in [2.24, 2.45) is 0 Å². The molecule has 1 N–H and O–H groups in total. The van der Waals surface area contributed by atoms with E-state index in [0.717, 1.165) is 12.8 Å². The lowest BCUT2D eigenvalue weighted by atomic mass is 10.2. The summed E-state index contributed by atoms with van der Waals surface area (Å²) in [4.78, 5) is 0.199. The first-order chi connectivity index (χ1) is 9.38. The summed E-state index contributed by atoms with van der Waals surface area (Å²) in [7, 11) is -6.91. The molecule has 3 rings (SSSR count). The summed E-state index contributed by atoms with van der Waals surface area (Å²) in [5.74, 6) is -0.366. The molecule has 0 radical (unpaired) electrons. The van der Waals surface area contributed by atoms with E-state index in [2.05, 4.69) is 5.32 Å². The van der Waals surface area contributed by atoms with Crippen LogP contribution >= 0.6 is 0 Å². The van der Waals surface area contributed by atoms with Crippen LogP contribution in [0.25, 0.3) is 0 Å². The molecular weight excluding hydrogens is 298 g/mol. The summed E-state index contributed by atoms with van der Waals surface area (Å²) >= 11 is 0. The highest BCUT2D eigenvalue weighted by atomic mass is 32.2. The van der Waals surface area contributed by atoms with E-state index in [1.807, 2.05) is 0 Å². The predicted octanol–water partition coefficient (Wildman–Crippen LogP) is 0.378.